The largest absolute Gasteiger partial charge is 0.377 e. The van der Waals surface area contributed by atoms with Crippen LogP contribution in [0.5, 0.6) is 0 Å². The van der Waals surface area contributed by atoms with Crippen LogP contribution in [0.15, 0.2) is 6.07 Å². The van der Waals surface area contributed by atoms with Crippen molar-refractivity contribution >= 4 is 5.91 Å². The molecule has 0 saturated carbocycles. The highest BCUT2D eigenvalue weighted by atomic mass is 16.5. The number of likely N-dealkylation sites (tertiary alicyclic amines) is 1. The van der Waals surface area contributed by atoms with E-state index in [-0.39, 0.29) is 0 Å². The molecule has 2 atom stereocenters. The van der Waals surface area contributed by atoms with Gasteiger partial charge in [-0.2, -0.15) is 5.10 Å². The number of nitrogens with two attached hydrogens (primary N) is 1. The highest BCUT2D eigenvalue weighted by molar-refractivity contribution is 5.90. The summed E-state index contributed by atoms with van der Waals surface area (Å²) in [5.74, 6) is -0.106. The van der Waals surface area contributed by atoms with E-state index in [1.165, 1.54) is 0 Å². The van der Waals surface area contributed by atoms with Gasteiger partial charge in [-0.1, -0.05) is 0 Å². The van der Waals surface area contributed by atoms with Crippen LogP contribution in [0.4, 0.5) is 0 Å². The van der Waals surface area contributed by atoms with Crippen LogP contribution in [-0.2, 0) is 9.47 Å². The molecular formula is C16H26N4O3. The van der Waals surface area contributed by atoms with Crippen LogP contribution in [-0.4, -0.2) is 66.6 Å². The molecule has 0 aromatic carbocycles. The highest BCUT2D eigenvalue weighted by Gasteiger charge is 2.23. The second-order valence-electron chi connectivity index (χ2n) is 6.42. The minimum Gasteiger partial charge on any atom is -0.377 e. The topological polar surface area (TPSA) is 93.5 Å². The molecule has 2 unspecified atom stereocenters. The average Bonchev–Trinajstić information content (AvgIpc) is 3.23. The number of nitrogens with one attached hydrogen (secondary N) is 1. The molecule has 3 rings (SSSR count). The van der Waals surface area contributed by atoms with E-state index < -0.39 is 5.91 Å². The lowest BCUT2D eigenvalue weighted by Crippen LogP contribution is -2.37. The molecule has 1 aromatic rings. The van der Waals surface area contributed by atoms with Crippen LogP contribution in [0.1, 0.15) is 47.8 Å². The number of hydrogen-bond donors (Lipinski definition) is 2. The van der Waals surface area contributed by atoms with Gasteiger partial charge in [0, 0.05) is 31.3 Å². The summed E-state index contributed by atoms with van der Waals surface area (Å²) in [5.41, 5.74) is 6.58. The molecule has 3 N–H and O–H groups in total. The Hall–Kier alpha value is -1.44. The summed E-state index contributed by atoms with van der Waals surface area (Å²) in [7, 11) is 0. The first kappa shape index (κ1) is 16.4. The fraction of sp³-hybridized carbons (Fsp3) is 0.750. The highest BCUT2D eigenvalue weighted by Crippen LogP contribution is 2.25. The lowest BCUT2D eigenvalue weighted by Gasteiger charge is -2.32. The summed E-state index contributed by atoms with van der Waals surface area (Å²) in [6.07, 6.45) is 4.81. The molecule has 128 valence electrons. The van der Waals surface area contributed by atoms with Crippen molar-refractivity contribution < 1.29 is 14.3 Å². The van der Waals surface area contributed by atoms with Crippen molar-refractivity contribution in [3.8, 4) is 0 Å². The number of aromatic nitrogens is 2. The summed E-state index contributed by atoms with van der Waals surface area (Å²) in [4.78, 5) is 13.6. The minimum atomic E-state index is -0.484. The summed E-state index contributed by atoms with van der Waals surface area (Å²) < 4.78 is 11.3. The molecule has 2 aliphatic rings. The number of carbonyl (C=O) groups is 1. The van der Waals surface area contributed by atoms with E-state index in [4.69, 9.17) is 15.2 Å². The van der Waals surface area contributed by atoms with Gasteiger partial charge in [0.2, 0.25) is 0 Å². The van der Waals surface area contributed by atoms with Crippen molar-refractivity contribution in [3.63, 3.8) is 0 Å². The third kappa shape index (κ3) is 4.53. The number of amides is 1. The smallest absolute Gasteiger partial charge is 0.269 e. The summed E-state index contributed by atoms with van der Waals surface area (Å²) in [6.45, 7) is 5.31. The van der Waals surface area contributed by atoms with Crippen molar-refractivity contribution in [2.45, 2.75) is 37.7 Å². The number of nitrogens with zero attached hydrogens (tertiary/aromatic N) is 2. The molecule has 3 heterocycles. The van der Waals surface area contributed by atoms with Crippen molar-refractivity contribution in [1.29, 1.82) is 0 Å². The van der Waals surface area contributed by atoms with Gasteiger partial charge in [-0.05, 0) is 38.3 Å². The van der Waals surface area contributed by atoms with E-state index in [1.54, 1.807) is 6.07 Å². The lowest BCUT2D eigenvalue weighted by molar-refractivity contribution is 0.00849. The SMILES string of the molecule is NC(=O)c1cc(C2CCCN(CCOCC3CCCO3)C2)[nH]n1. The first-order valence-electron chi connectivity index (χ1n) is 8.49. The Morgan fingerprint density at radius 2 is 2.39 bits per heavy atom. The summed E-state index contributed by atoms with van der Waals surface area (Å²) in [5, 5.41) is 6.94. The number of hydrogen-bond acceptors (Lipinski definition) is 5. The van der Waals surface area contributed by atoms with E-state index >= 15 is 0 Å². The van der Waals surface area contributed by atoms with E-state index in [1.807, 2.05) is 0 Å². The Balaban J connectivity index is 1.41. The fourth-order valence-electron chi connectivity index (χ4n) is 3.37. The number of primary amides is 1. The number of carbonyl (C=O) groups excluding carboxylic acids is 1. The quantitative estimate of drug-likeness (QED) is 0.727. The lowest BCUT2D eigenvalue weighted by atomic mass is 9.94. The van der Waals surface area contributed by atoms with Crippen LogP contribution in [0.2, 0.25) is 0 Å². The fourth-order valence-corrected chi connectivity index (χ4v) is 3.37. The predicted octanol–water partition coefficient (Wildman–Crippen LogP) is 0.884. The maximum absolute atomic E-state index is 11.1. The zero-order valence-corrected chi connectivity index (χ0v) is 13.5. The van der Waals surface area contributed by atoms with Crippen molar-refractivity contribution in [2.24, 2.45) is 5.73 Å². The second-order valence-corrected chi connectivity index (χ2v) is 6.42. The molecule has 2 aliphatic heterocycles. The number of rotatable bonds is 7. The maximum Gasteiger partial charge on any atom is 0.269 e. The van der Waals surface area contributed by atoms with Gasteiger partial charge in [-0.15, -0.1) is 0 Å². The van der Waals surface area contributed by atoms with Crippen molar-refractivity contribution in [2.75, 3.05) is 39.5 Å². The Morgan fingerprint density at radius 3 is 3.13 bits per heavy atom. The van der Waals surface area contributed by atoms with Crippen LogP contribution in [0.25, 0.3) is 0 Å². The van der Waals surface area contributed by atoms with Gasteiger partial charge in [0.1, 0.15) is 5.69 Å². The third-order valence-electron chi connectivity index (χ3n) is 4.68. The summed E-state index contributed by atoms with van der Waals surface area (Å²) in [6, 6.07) is 1.78. The van der Waals surface area contributed by atoms with Gasteiger partial charge in [-0.25, -0.2) is 0 Å². The van der Waals surface area contributed by atoms with Crippen LogP contribution in [0, 0.1) is 0 Å². The van der Waals surface area contributed by atoms with Gasteiger partial charge in [0.25, 0.3) is 5.91 Å². The van der Waals surface area contributed by atoms with Gasteiger partial charge >= 0.3 is 0 Å². The van der Waals surface area contributed by atoms with Crippen LogP contribution in [0.3, 0.4) is 0 Å². The molecule has 1 aromatic heterocycles. The zero-order valence-electron chi connectivity index (χ0n) is 13.5. The normalized spacial score (nSPS) is 25.7. The number of aromatic amines is 1. The molecule has 2 saturated heterocycles. The monoisotopic (exact) mass is 322 g/mol. The van der Waals surface area contributed by atoms with Gasteiger partial charge in [0.05, 0.1) is 19.3 Å². The minimum absolute atomic E-state index is 0.293. The molecule has 0 spiro atoms. The maximum atomic E-state index is 11.1. The molecule has 23 heavy (non-hydrogen) atoms. The molecule has 0 radical (unpaired) electrons. The van der Waals surface area contributed by atoms with Crippen molar-refractivity contribution in [1.82, 2.24) is 15.1 Å². The van der Waals surface area contributed by atoms with Gasteiger partial charge < -0.3 is 20.1 Å². The van der Waals surface area contributed by atoms with Crippen molar-refractivity contribution in [3.05, 3.63) is 17.5 Å². The zero-order chi connectivity index (χ0) is 16.1. The van der Waals surface area contributed by atoms with E-state index in [2.05, 4.69) is 15.1 Å². The second kappa shape index (κ2) is 7.90. The molecule has 1 amide bonds. The molecule has 7 heteroatoms. The summed E-state index contributed by atoms with van der Waals surface area (Å²) >= 11 is 0. The Morgan fingerprint density at radius 1 is 1.48 bits per heavy atom. The van der Waals surface area contributed by atoms with Gasteiger partial charge in [0.15, 0.2) is 0 Å². The van der Waals surface area contributed by atoms with E-state index in [0.29, 0.717) is 24.3 Å². The first-order valence-corrected chi connectivity index (χ1v) is 8.49. The standard InChI is InChI=1S/C16H26N4O3/c17-16(21)15-9-14(18-19-15)12-3-1-5-20(10-12)6-8-22-11-13-4-2-7-23-13/h9,12-13H,1-8,10-11H2,(H2,17,21)(H,18,19). The Kier molecular flexibility index (Phi) is 5.64. The number of piperidine rings is 1. The number of H-pyrrole nitrogens is 1. The van der Waals surface area contributed by atoms with Crippen LogP contribution < -0.4 is 5.73 Å². The first-order chi connectivity index (χ1) is 11.2. The predicted molar refractivity (Wildman–Crippen MR) is 85.3 cm³/mol. The Bertz CT molecular complexity index is 513. The average molecular weight is 322 g/mol. The molecule has 2 fully saturated rings. The van der Waals surface area contributed by atoms with Crippen LogP contribution >= 0.6 is 0 Å². The van der Waals surface area contributed by atoms with Gasteiger partial charge in [-0.3, -0.25) is 9.89 Å². The molecular weight excluding hydrogens is 296 g/mol. The van der Waals surface area contributed by atoms with E-state index in [0.717, 1.165) is 64.2 Å². The molecule has 0 aliphatic carbocycles. The van der Waals surface area contributed by atoms with E-state index in [9.17, 15) is 4.79 Å². The Labute approximate surface area is 136 Å². The molecule has 7 nitrogen and oxygen atoms in total. The number of ether oxygens (including phenoxy) is 2. The molecule has 0 bridgehead atoms. The third-order valence-corrected chi connectivity index (χ3v) is 4.68.